The van der Waals surface area contributed by atoms with Gasteiger partial charge in [0.1, 0.15) is 11.4 Å². The second-order valence-corrected chi connectivity index (χ2v) is 9.45. The van der Waals surface area contributed by atoms with Gasteiger partial charge in [-0.05, 0) is 69.1 Å². The van der Waals surface area contributed by atoms with Crippen molar-refractivity contribution in [2.24, 2.45) is 5.92 Å². The number of ether oxygens (including phenoxy) is 2. The topological polar surface area (TPSA) is 38.8 Å². The van der Waals surface area contributed by atoms with Gasteiger partial charge in [-0.15, -0.1) is 0 Å². The van der Waals surface area contributed by atoms with E-state index in [4.69, 9.17) is 9.47 Å². The summed E-state index contributed by atoms with van der Waals surface area (Å²) in [7, 11) is 0. The van der Waals surface area contributed by atoms with Crippen molar-refractivity contribution in [3.8, 4) is 5.75 Å². The Kier molecular flexibility index (Phi) is 6.25. The van der Waals surface area contributed by atoms with Crippen LogP contribution in [0.3, 0.4) is 0 Å². The maximum Gasteiger partial charge on any atom is 0.410 e. The highest BCUT2D eigenvalue weighted by Crippen LogP contribution is 2.28. The van der Waals surface area contributed by atoms with Crippen LogP contribution in [0.1, 0.15) is 65.5 Å². The highest BCUT2D eigenvalue weighted by atomic mass is 16.6. The third-order valence-corrected chi connectivity index (χ3v) is 4.78. The Hall–Kier alpha value is -1.71. The first-order chi connectivity index (χ1) is 12.0. The van der Waals surface area contributed by atoms with E-state index in [9.17, 15) is 4.79 Å². The van der Waals surface area contributed by atoms with Crippen LogP contribution in [0.5, 0.6) is 5.75 Å². The maximum atomic E-state index is 12.1. The molecule has 1 aliphatic rings. The molecule has 4 nitrogen and oxygen atoms in total. The summed E-state index contributed by atoms with van der Waals surface area (Å²) < 4.78 is 11.5. The van der Waals surface area contributed by atoms with Gasteiger partial charge < -0.3 is 14.4 Å². The monoisotopic (exact) mass is 361 g/mol. The van der Waals surface area contributed by atoms with Crippen LogP contribution in [-0.2, 0) is 10.2 Å². The highest BCUT2D eigenvalue weighted by Gasteiger charge is 2.27. The van der Waals surface area contributed by atoms with Crippen LogP contribution in [0.2, 0.25) is 0 Å². The van der Waals surface area contributed by atoms with Gasteiger partial charge in [-0.1, -0.05) is 32.9 Å². The number of rotatable bonds is 3. The van der Waals surface area contributed by atoms with Crippen molar-refractivity contribution in [1.82, 2.24) is 4.90 Å². The molecule has 2 rings (SSSR count). The quantitative estimate of drug-likeness (QED) is 0.731. The fourth-order valence-electron chi connectivity index (χ4n) is 3.09. The molecular weight excluding hydrogens is 326 g/mol. The summed E-state index contributed by atoms with van der Waals surface area (Å²) >= 11 is 0. The van der Waals surface area contributed by atoms with Gasteiger partial charge in [0.05, 0.1) is 6.61 Å². The third-order valence-electron chi connectivity index (χ3n) is 4.78. The number of likely N-dealkylation sites (tertiary alicyclic amines) is 1. The Morgan fingerprint density at radius 3 is 2.23 bits per heavy atom. The van der Waals surface area contributed by atoms with E-state index >= 15 is 0 Å². The molecule has 0 saturated carbocycles. The van der Waals surface area contributed by atoms with Gasteiger partial charge in [-0.25, -0.2) is 4.79 Å². The standard InChI is InChI=1S/C22H35NO3/c1-16-14-18(21(2,3)4)8-9-19(16)25-15-17-10-12-23(13-11-17)20(24)26-22(5,6)7/h8-9,14,17H,10-13,15H2,1-7H3. The SMILES string of the molecule is Cc1cc(C(C)(C)C)ccc1OCC1CCN(C(=O)OC(C)(C)C)CC1. The minimum atomic E-state index is -0.437. The van der Waals surface area contributed by atoms with Gasteiger partial charge in [-0.3, -0.25) is 0 Å². The highest BCUT2D eigenvalue weighted by molar-refractivity contribution is 5.68. The minimum Gasteiger partial charge on any atom is -0.493 e. The van der Waals surface area contributed by atoms with Crippen molar-refractivity contribution < 1.29 is 14.3 Å². The average Bonchev–Trinajstić information content (AvgIpc) is 2.51. The molecular formula is C22H35NO3. The van der Waals surface area contributed by atoms with Gasteiger partial charge in [0.25, 0.3) is 0 Å². The zero-order chi connectivity index (χ0) is 19.5. The Morgan fingerprint density at radius 2 is 1.73 bits per heavy atom. The van der Waals surface area contributed by atoms with Crippen LogP contribution in [-0.4, -0.2) is 36.3 Å². The zero-order valence-electron chi connectivity index (χ0n) is 17.5. The van der Waals surface area contributed by atoms with Crippen LogP contribution < -0.4 is 4.74 Å². The van der Waals surface area contributed by atoms with Crippen molar-refractivity contribution in [3.63, 3.8) is 0 Å². The lowest BCUT2D eigenvalue weighted by Crippen LogP contribution is -2.42. The van der Waals surface area contributed by atoms with E-state index in [-0.39, 0.29) is 11.5 Å². The molecule has 0 spiro atoms. The second-order valence-electron chi connectivity index (χ2n) is 9.45. The van der Waals surface area contributed by atoms with Crippen LogP contribution in [0.4, 0.5) is 4.79 Å². The summed E-state index contributed by atoms with van der Waals surface area (Å²) in [6.07, 6.45) is 1.71. The summed E-state index contributed by atoms with van der Waals surface area (Å²) in [5.74, 6) is 1.45. The Labute approximate surface area is 158 Å². The van der Waals surface area contributed by atoms with Crippen molar-refractivity contribution in [3.05, 3.63) is 29.3 Å². The van der Waals surface area contributed by atoms with E-state index < -0.39 is 5.60 Å². The number of aryl methyl sites for hydroxylation is 1. The maximum absolute atomic E-state index is 12.1. The number of piperidine rings is 1. The number of hydrogen-bond acceptors (Lipinski definition) is 3. The number of carbonyl (C=O) groups is 1. The number of carbonyl (C=O) groups excluding carboxylic acids is 1. The first-order valence-corrected chi connectivity index (χ1v) is 9.67. The van der Waals surface area contributed by atoms with E-state index in [0.29, 0.717) is 12.5 Å². The van der Waals surface area contributed by atoms with E-state index in [2.05, 4.69) is 45.9 Å². The largest absolute Gasteiger partial charge is 0.493 e. The number of amides is 1. The minimum absolute atomic E-state index is 0.151. The Morgan fingerprint density at radius 1 is 1.12 bits per heavy atom. The van der Waals surface area contributed by atoms with Gasteiger partial charge in [0.2, 0.25) is 0 Å². The summed E-state index contributed by atoms with van der Waals surface area (Å²) in [6.45, 7) is 16.7. The van der Waals surface area contributed by atoms with Gasteiger partial charge in [-0.2, -0.15) is 0 Å². The summed E-state index contributed by atoms with van der Waals surface area (Å²) in [6, 6.07) is 6.47. The van der Waals surface area contributed by atoms with Crippen LogP contribution in [0.15, 0.2) is 18.2 Å². The Balaban J connectivity index is 1.83. The van der Waals surface area contributed by atoms with Gasteiger partial charge >= 0.3 is 6.09 Å². The number of benzene rings is 1. The van der Waals surface area contributed by atoms with E-state index in [1.165, 1.54) is 11.1 Å². The summed E-state index contributed by atoms with van der Waals surface area (Å²) in [5.41, 5.74) is 2.22. The van der Waals surface area contributed by atoms with Gasteiger partial charge in [0, 0.05) is 13.1 Å². The molecule has 146 valence electrons. The van der Waals surface area contributed by atoms with Crippen LogP contribution in [0, 0.1) is 12.8 Å². The smallest absolute Gasteiger partial charge is 0.410 e. The molecule has 0 bridgehead atoms. The molecule has 1 aromatic rings. The fraction of sp³-hybridized carbons (Fsp3) is 0.682. The Bertz CT molecular complexity index is 617. The first kappa shape index (κ1) is 20.6. The molecule has 0 aromatic heterocycles. The molecule has 1 aromatic carbocycles. The van der Waals surface area contributed by atoms with E-state index in [1.54, 1.807) is 0 Å². The molecule has 26 heavy (non-hydrogen) atoms. The lowest BCUT2D eigenvalue weighted by Gasteiger charge is -2.33. The predicted molar refractivity (Wildman–Crippen MR) is 106 cm³/mol. The molecule has 0 radical (unpaired) electrons. The van der Waals surface area contributed by atoms with Crippen LogP contribution >= 0.6 is 0 Å². The molecule has 1 amide bonds. The molecule has 0 N–H and O–H groups in total. The fourth-order valence-corrected chi connectivity index (χ4v) is 3.09. The number of nitrogens with zero attached hydrogens (tertiary/aromatic N) is 1. The third kappa shape index (κ3) is 5.93. The lowest BCUT2D eigenvalue weighted by molar-refractivity contribution is 0.0165. The van der Waals surface area contributed by atoms with Crippen molar-refractivity contribution in [2.75, 3.05) is 19.7 Å². The molecule has 1 saturated heterocycles. The van der Waals surface area contributed by atoms with Crippen molar-refractivity contribution >= 4 is 6.09 Å². The first-order valence-electron chi connectivity index (χ1n) is 9.67. The molecule has 1 heterocycles. The van der Waals surface area contributed by atoms with E-state index in [1.807, 2.05) is 25.7 Å². The molecule has 4 heteroatoms. The molecule has 0 atom stereocenters. The lowest BCUT2D eigenvalue weighted by atomic mass is 9.86. The average molecular weight is 362 g/mol. The summed E-state index contributed by atoms with van der Waals surface area (Å²) in [4.78, 5) is 13.9. The second kappa shape index (κ2) is 7.89. The predicted octanol–water partition coefficient (Wildman–Crippen LogP) is 5.32. The van der Waals surface area contributed by atoms with E-state index in [0.717, 1.165) is 31.7 Å². The van der Waals surface area contributed by atoms with Crippen LogP contribution in [0.25, 0.3) is 0 Å². The normalized spacial score (nSPS) is 16.5. The zero-order valence-corrected chi connectivity index (χ0v) is 17.5. The van der Waals surface area contributed by atoms with Gasteiger partial charge in [0.15, 0.2) is 0 Å². The summed E-state index contributed by atoms with van der Waals surface area (Å²) in [5, 5.41) is 0. The molecule has 0 unspecified atom stereocenters. The van der Waals surface area contributed by atoms with Crippen molar-refractivity contribution in [2.45, 2.75) is 72.3 Å². The molecule has 1 aliphatic heterocycles. The van der Waals surface area contributed by atoms with Crippen molar-refractivity contribution in [1.29, 1.82) is 0 Å². The molecule has 0 aliphatic carbocycles. The molecule has 1 fully saturated rings. The number of hydrogen-bond donors (Lipinski definition) is 0.